The lowest BCUT2D eigenvalue weighted by Crippen LogP contribution is -2.49. The molecule has 1 saturated heterocycles. The number of amides is 1. The first-order valence-corrected chi connectivity index (χ1v) is 9.16. The first kappa shape index (κ1) is 19.4. The quantitative estimate of drug-likeness (QED) is 0.713. The molecule has 2 unspecified atom stereocenters. The first-order chi connectivity index (χ1) is 12.0. The summed E-state index contributed by atoms with van der Waals surface area (Å²) >= 11 is 0. The van der Waals surface area contributed by atoms with Crippen molar-refractivity contribution in [3.63, 3.8) is 0 Å². The van der Waals surface area contributed by atoms with E-state index in [1.165, 1.54) is 6.42 Å². The zero-order valence-corrected chi connectivity index (χ0v) is 15.6. The highest BCUT2D eigenvalue weighted by molar-refractivity contribution is 5.79. The molecular formula is C20H30N2O3. The van der Waals surface area contributed by atoms with Gasteiger partial charge < -0.3 is 9.64 Å². The summed E-state index contributed by atoms with van der Waals surface area (Å²) < 4.78 is 5.25. The highest BCUT2D eigenvalue weighted by Gasteiger charge is 2.27. The lowest BCUT2D eigenvalue weighted by atomic mass is 9.97. The Morgan fingerprint density at radius 3 is 2.44 bits per heavy atom. The Hall–Kier alpha value is -1.88. The van der Waals surface area contributed by atoms with Crippen LogP contribution in [0.15, 0.2) is 30.3 Å². The van der Waals surface area contributed by atoms with Crippen LogP contribution in [-0.2, 0) is 20.9 Å². The molecule has 1 aromatic carbocycles. The molecule has 0 bridgehead atoms. The molecule has 5 heteroatoms. The second kappa shape index (κ2) is 9.56. The molecule has 0 aromatic heterocycles. The van der Waals surface area contributed by atoms with Crippen molar-refractivity contribution in [1.82, 2.24) is 9.80 Å². The Balaban J connectivity index is 1.70. The first-order valence-electron chi connectivity index (χ1n) is 9.16. The Kier molecular flexibility index (Phi) is 7.44. The Morgan fingerprint density at radius 1 is 1.16 bits per heavy atom. The van der Waals surface area contributed by atoms with E-state index >= 15 is 0 Å². The van der Waals surface area contributed by atoms with Gasteiger partial charge in [0.25, 0.3) is 0 Å². The molecule has 2 rings (SSSR count). The van der Waals surface area contributed by atoms with Crippen molar-refractivity contribution in [2.75, 3.05) is 20.1 Å². The van der Waals surface area contributed by atoms with Gasteiger partial charge in [0.2, 0.25) is 5.91 Å². The zero-order chi connectivity index (χ0) is 18.2. The minimum Gasteiger partial charge on any atom is -0.461 e. The monoisotopic (exact) mass is 346 g/mol. The van der Waals surface area contributed by atoms with Gasteiger partial charge in [-0.1, -0.05) is 36.8 Å². The molecule has 1 aliphatic heterocycles. The van der Waals surface area contributed by atoms with Crippen LogP contribution in [0.1, 0.15) is 45.1 Å². The zero-order valence-electron chi connectivity index (χ0n) is 15.6. The highest BCUT2D eigenvalue weighted by atomic mass is 16.5. The molecule has 138 valence electrons. The van der Waals surface area contributed by atoms with Crippen molar-refractivity contribution in [2.24, 2.45) is 0 Å². The molecule has 1 aromatic rings. The number of nitrogens with zero attached hydrogens (tertiary/aromatic N) is 2. The van der Waals surface area contributed by atoms with Crippen molar-refractivity contribution >= 4 is 11.9 Å². The molecule has 0 aliphatic carbocycles. The number of hydrogen-bond acceptors (Lipinski definition) is 4. The molecule has 0 N–H and O–H groups in total. The molecule has 1 fully saturated rings. The van der Waals surface area contributed by atoms with Crippen LogP contribution in [0.4, 0.5) is 0 Å². The standard InChI is InChI=1S/C20H30N2O3/c1-16-8-7-9-17(2)22(16)14-19(23)21(3)13-12-20(24)25-15-18-10-5-4-6-11-18/h4-6,10-11,16-17H,7-9,12-15H2,1-3H3. The molecule has 25 heavy (non-hydrogen) atoms. The summed E-state index contributed by atoms with van der Waals surface area (Å²) in [5.41, 5.74) is 0.966. The van der Waals surface area contributed by atoms with Gasteiger partial charge in [-0.3, -0.25) is 14.5 Å². The highest BCUT2D eigenvalue weighted by Crippen LogP contribution is 2.22. The average molecular weight is 346 g/mol. The molecule has 1 heterocycles. The summed E-state index contributed by atoms with van der Waals surface area (Å²) in [7, 11) is 1.76. The van der Waals surface area contributed by atoms with Crippen LogP contribution >= 0.6 is 0 Å². The number of carbonyl (C=O) groups excluding carboxylic acids is 2. The summed E-state index contributed by atoms with van der Waals surface area (Å²) in [4.78, 5) is 28.2. The maximum absolute atomic E-state index is 12.4. The summed E-state index contributed by atoms with van der Waals surface area (Å²) in [6.07, 6.45) is 3.75. The van der Waals surface area contributed by atoms with Gasteiger partial charge in [-0.15, -0.1) is 0 Å². The van der Waals surface area contributed by atoms with E-state index in [9.17, 15) is 9.59 Å². The van der Waals surface area contributed by atoms with Crippen LogP contribution < -0.4 is 0 Å². The van der Waals surface area contributed by atoms with Gasteiger partial charge >= 0.3 is 5.97 Å². The summed E-state index contributed by atoms with van der Waals surface area (Å²) in [6, 6.07) is 10.5. The van der Waals surface area contributed by atoms with Crippen molar-refractivity contribution in [2.45, 2.75) is 58.2 Å². The van der Waals surface area contributed by atoms with E-state index in [2.05, 4.69) is 18.7 Å². The molecule has 1 aliphatic rings. The second-order valence-corrected chi connectivity index (χ2v) is 7.01. The van der Waals surface area contributed by atoms with Crippen LogP contribution in [0.2, 0.25) is 0 Å². The number of likely N-dealkylation sites (tertiary alicyclic amines) is 1. The van der Waals surface area contributed by atoms with Gasteiger partial charge in [0.15, 0.2) is 0 Å². The topological polar surface area (TPSA) is 49.9 Å². The lowest BCUT2D eigenvalue weighted by molar-refractivity contribution is -0.145. The third-order valence-corrected chi connectivity index (χ3v) is 5.01. The van der Waals surface area contributed by atoms with Crippen molar-refractivity contribution in [3.8, 4) is 0 Å². The number of ether oxygens (including phenoxy) is 1. The summed E-state index contributed by atoms with van der Waals surface area (Å²) in [5.74, 6) is -0.209. The number of hydrogen-bond donors (Lipinski definition) is 0. The van der Waals surface area contributed by atoms with E-state index in [1.807, 2.05) is 30.3 Å². The fourth-order valence-electron chi connectivity index (χ4n) is 3.26. The molecule has 5 nitrogen and oxygen atoms in total. The SMILES string of the molecule is CC1CCCC(C)N1CC(=O)N(C)CCC(=O)OCc1ccccc1. The fourth-order valence-corrected chi connectivity index (χ4v) is 3.26. The number of piperidine rings is 1. The Labute approximate surface area is 150 Å². The molecule has 0 saturated carbocycles. The predicted octanol–water partition coefficient (Wildman–Crippen LogP) is 2.84. The van der Waals surface area contributed by atoms with Gasteiger partial charge in [0.05, 0.1) is 13.0 Å². The molecule has 0 spiro atoms. The van der Waals surface area contributed by atoms with Crippen molar-refractivity contribution in [3.05, 3.63) is 35.9 Å². The van der Waals surface area contributed by atoms with Gasteiger partial charge in [0.1, 0.15) is 6.61 Å². The average Bonchev–Trinajstić information content (AvgIpc) is 2.61. The molecule has 1 amide bonds. The minimum absolute atomic E-state index is 0.0662. The Bertz CT molecular complexity index is 551. The third kappa shape index (κ3) is 6.16. The number of esters is 1. The largest absolute Gasteiger partial charge is 0.461 e. The maximum atomic E-state index is 12.4. The van der Waals surface area contributed by atoms with E-state index in [4.69, 9.17) is 4.74 Å². The molecule has 2 atom stereocenters. The van der Waals surface area contributed by atoms with E-state index in [1.54, 1.807) is 11.9 Å². The molecule has 0 radical (unpaired) electrons. The van der Waals surface area contributed by atoms with Crippen LogP contribution in [0.5, 0.6) is 0 Å². The van der Waals surface area contributed by atoms with Gasteiger partial charge in [0, 0.05) is 25.7 Å². The predicted molar refractivity (Wildman–Crippen MR) is 98.0 cm³/mol. The van der Waals surface area contributed by atoms with Crippen LogP contribution in [0, 0.1) is 0 Å². The van der Waals surface area contributed by atoms with Crippen LogP contribution in [-0.4, -0.2) is 53.9 Å². The normalized spacial score (nSPS) is 20.9. The van der Waals surface area contributed by atoms with E-state index < -0.39 is 0 Å². The fraction of sp³-hybridized carbons (Fsp3) is 0.600. The second-order valence-electron chi connectivity index (χ2n) is 7.01. The number of likely N-dealkylation sites (N-methyl/N-ethyl adjacent to an activating group) is 1. The number of benzene rings is 1. The smallest absolute Gasteiger partial charge is 0.307 e. The van der Waals surface area contributed by atoms with Crippen molar-refractivity contribution < 1.29 is 14.3 Å². The van der Waals surface area contributed by atoms with Gasteiger partial charge in [-0.2, -0.15) is 0 Å². The number of rotatable bonds is 7. The summed E-state index contributed by atoms with van der Waals surface area (Å²) in [6.45, 7) is 5.47. The maximum Gasteiger partial charge on any atom is 0.307 e. The van der Waals surface area contributed by atoms with Crippen LogP contribution in [0.25, 0.3) is 0 Å². The minimum atomic E-state index is -0.275. The van der Waals surface area contributed by atoms with Crippen LogP contribution in [0.3, 0.4) is 0 Å². The molecular weight excluding hydrogens is 316 g/mol. The third-order valence-electron chi connectivity index (χ3n) is 5.01. The lowest BCUT2D eigenvalue weighted by Gasteiger charge is -2.39. The summed E-state index contributed by atoms with van der Waals surface area (Å²) in [5, 5.41) is 0. The van der Waals surface area contributed by atoms with Gasteiger partial charge in [-0.05, 0) is 32.3 Å². The van der Waals surface area contributed by atoms with Crippen molar-refractivity contribution in [1.29, 1.82) is 0 Å². The van der Waals surface area contributed by atoms with E-state index in [-0.39, 0.29) is 24.9 Å². The van der Waals surface area contributed by atoms with E-state index in [0.29, 0.717) is 25.2 Å². The van der Waals surface area contributed by atoms with Gasteiger partial charge in [-0.25, -0.2) is 0 Å². The number of carbonyl (C=O) groups is 2. The Morgan fingerprint density at radius 2 is 1.80 bits per heavy atom. The van der Waals surface area contributed by atoms with E-state index in [0.717, 1.165) is 18.4 Å².